The largest absolute Gasteiger partial charge is 0.497 e. The lowest BCUT2D eigenvalue weighted by Gasteiger charge is -2.20. The second-order valence-electron chi connectivity index (χ2n) is 10.9. The maximum absolute atomic E-state index is 5.80. The van der Waals surface area contributed by atoms with E-state index in [1.807, 2.05) is 12.1 Å². The first-order valence-electron chi connectivity index (χ1n) is 14.7. The number of unbranched alkanes of at least 4 members (excludes halogenated alkanes) is 7. The first kappa shape index (κ1) is 27.6. The third-order valence-electron chi connectivity index (χ3n) is 8.07. The van der Waals surface area contributed by atoms with Crippen molar-refractivity contribution in [3.63, 3.8) is 0 Å². The van der Waals surface area contributed by atoms with Crippen molar-refractivity contribution in [2.45, 2.75) is 96.9 Å². The van der Waals surface area contributed by atoms with Crippen molar-refractivity contribution in [1.82, 2.24) is 9.88 Å². The smallest absolute Gasteiger partial charge is 0.122 e. The molecule has 4 nitrogen and oxygen atoms in total. The normalized spacial score (nSPS) is 13.5. The summed E-state index contributed by atoms with van der Waals surface area (Å²) in [7, 11) is 3.50. The molecule has 0 aliphatic heterocycles. The number of aryl methyl sites for hydroxylation is 2. The summed E-state index contributed by atoms with van der Waals surface area (Å²) >= 11 is 0. The second-order valence-corrected chi connectivity index (χ2v) is 10.9. The Morgan fingerprint density at radius 2 is 1.49 bits per heavy atom. The third kappa shape index (κ3) is 7.31. The monoisotopic (exact) mass is 504 g/mol. The van der Waals surface area contributed by atoms with Crippen molar-refractivity contribution >= 4 is 10.9 Å². The summed E-state index contributed by atoms with van der Waals surface area (Å²) in [5.41, 5.74) is 6.21. The minimum atomic E-state index is 0.882. The number of nitrogens with one attached hydrogen (secondary N) is 1. The number of benzene rings is 2. The Kier molecular flexibility index (Phi) is 10.4. The van der Waals surface area contributed by atoms with Crippen molar-refractivity contribution in [3.05, 3.63) is 47.5 Å². The van der Waals surface area contributed by atoms with Gasteiger partial charge in [-0.3, -0.25) is 0 Å². The molecule has 0 atom stereocenters. The summed E-state index contributed by atoms with van der Waals surface area (Å²) in [6, 6.07) is 13.5. The van der Waals surface area contributed by atoms with Crippen LogP contribution in [0.4, 0.5) is 0 Å². The molecule has 2 aromatic carbocycles. The van der Waals surface area contributed by atoms with Gasteiger partial charge in [0.2, 0.25) is 0 Å². The fourth-order valence-electron chi connectivity index (χ4n) is 5.88. The van der Waals surface area contributed by atoms with Crippen molar-refractivity contribution in [1.29, 1.82) is 0 Å². The molecule has 4 rings (SSSR count). The quantitative estimate of drug-likeness (QED) is 0.187. The molecule has 1 fully saturated rings. The highest BCUT2D eigenvalue weighted by atomic mass is 16.5. The van der Waals surface area contributed by atoms with Crippen LogP contribution in [0.5, 0.6) is 11.5 Å². The van der Waals surface area contributed by atoms with Gasteiger partial charge in [0.25, 0.3) is 0 Å². The Balaban J connectivity index is 1.24. The summed E-state index contributed by atoms with van der Waals surface area (Å²) in [4.78, 5) is 6.41. The fraction of sp³-hybridized carbons (Fsp3) is 0.576. The molecule has 4 heteroatoms. The number of ether oxygens (including phenoxy) is 2. The van der Waals surface area contributed by atoms with Gasteiger partial charge < -0.3 is 19.4 Å². The molecule has 1 aliphatic carbocycles. The SMILES string of the molecule is CCCN(CCCCCCCCCCc1c(OC)ccc2[nH]c(-c3ccc(OC)cc3)c(C)c12)C1CC1. The molecule has 202 valence electrons. The standard InChI is InChI=1S/C33H48N2O2/c1-5-23-35(27-17-18-27)24-13-11-9-7-6-8-10-12-14-29-31(37-4)22-21-30-32(29)25(2)33(34-30)26-15-19-28(36-3)20-16-26/h15-16,19-22,27,34H,5-14,17-18,23-24H2,1-4H3. The van der Waals surface area contributed by atoms with E-state index in [-0.39, 0.29) is 0 Å². The van der Waals surface area contributed by atoms with E-state index in [9.17, 15) is 0 Å². The van der Waals surface area contributed by atoms with Gasteiger partial charge in [0, 0.05) is 28.2 Å². The number of aromatic amines is 1. The van der Waals surface area contributed by atoms with Crippen molar-refractivity contribution in [2.75, 3.05) is 27.3 Å². The zero-order valence-electron chi connectivity index (χ0n) is 23.7. The van der Waals surface area contributed by atoms with Crippen LogP contribution in [0.1, 0.15) is 88.7 Å². The molecular formula is C33H48N2O2. The number of H-pyrrole nitrogens is 1. The molecule has 1 aliphatic rings. The lowest BCUT2D eigenvalue weighted by molar-refractivity contribution is 0.257. The molecule has 1 heterocycles. The molecule has 1 N–H and O–H groups in total. The van der Waals surface area contributed by atoms with E-state index >= 15 is 0 Å². The van der Waals surface area contributed by atoms with Gasteiger partial charge in [-0.05, 0) is 106 Å². The average Bonchev–Trinajstić information content (AvgIpc) is 3.72. The van der Waals surface area contributed by atoms with Gasteiger partial charge in [0.15, 0.2) is 0 Å². The van der Waals surface area contributed by atoms with Crippen LogP contribution in [0.25, 0.3) is 22.2 Å². The van der Waals surface area contributed by atoms with Gasteiger partial charge in [0.05, 0.1) is 14.2 Å². The molecule has 0 unspecified atom stereocenters. The zero-order chi connectivity index (χ0) is 26.0. The van der Waals surface area contributed by atoms with Crippen molar-refractivity contribution < 1.29 is 9.47 Å². The van der Waals surface area contributed by atoms with Crippen molar-refractivity contribution in [2.24, 2.45) is 0 Å². The highest BCUT2D eigenvalue weighted by molar-refractivity contribution is 5.94. The molecular weight excluding hydrogens is 456 g/mol. The van der Waals surface area contributed by atoms with Crippen LogP contribution < -0.4 is 9.47 Å². The number of rotatable bonds is 17. The second kappa shape index (κ2) is 13.9. The molecule has 1 saturated carbocycles. The van der Waals surface area contributed by atoms with Gasteiger partial charge in [0.1, 0.15) is 11.5 Å². The van der Waals surface area contributed by atoms with Gasteiger partial charge >= 0.3 is 0 Å². The summed E-state index contributed by atoms with van der Waals surface area (Å²) in [5, 5.41) is 1.33. The van der Waals surface area contributed by atoms with Crippen LogP contribution >= 0.6 is 0 Å². The first-order chi connectivity index (χ1) is 18.2. The summed E-state index contributed by atoms with van der Waals surface area (Å²) in [6.07, 6.45) is 16.0. The number of methoxy groups -OCH3 is 2. The molecule has 0 bridgehead atoms. The van der Waals surface area contributed by atoms with E-state index in [4.69, 9.17) is 9.47 Å². The predicted molar refractivity (Wildman–Crippen MR) is 157 cm³/mol. The van der Waals surface area contributed by atoms with E-state index in [0.717, 1.165) is 24.0 Å². The molecule has 3 aromatic rings. The van der Waals surface area contributed by atoms with Crippen LogP contribution in [-0.4, -0.2) is 43.2 Å². The Labute approximate surface area is 224 Å². The summed E-state index contributed by atoms with van der Waals surface area (Å²) in [6.45, 7) is 7.16. The lowest BCUT2D eigenvalue weighted by Crippen LogP contribution is -2.27. The Hall–Kier alpha value is -2.46. The van der Waals surface area contributed by atoms with Crippen molar-refractivity contribution in [3.8, 4) is 22.8 Å². The average molecular weight is 505 g/mol. The highest BCUT2D eigenvalue weighted by Gasteiger charge is 2.27. The molecule has 0 radical (unpaired) electrons. The molecule has 0 spiro atoms. The van der Waals surface area contributed by atoms with E-state index in [0.29, 0.717) is 0 Å². The number of hydrogen-bond donors (Lipinski definition) is 1. The van der Waals surface area contributed by atoms with E-state index in [2.05, 4.69) is 48.0 Å². The molecule has 37 heavy (non-hydrogen) atoms. The number of aromatic nitrogens is 1. The third-order valence-corrected chi connectivity index (χ3v) is 8.07. The molecule has 1 aromatic heterocycles. The topological polar surface area (TPSA) is 37.5 Å². The fourth-order valence-corrected chi connectivity index (χ4v) is 5.88. The predicted octanol–water partition coefficient (Wildman–Crippen LogP) is 8.70. The van der Waals surface area contributed by atoms with Crippen LogP contribution in [0.3, 0.4) is 0 Å². The highest BCUT2D eigenvalue weighted by Crippen LogP contribution is 2.37. The van der Waals surface area contributed by atoms with Crippen LogP contribution in [0, 0.1) is 6.92 Å². The van der Waals surface area contributed by atoms with E-state index < -0.39 is 0 Å². The lowest BCUT2D eigenvalue weighted by atomic mass is 9.97. The Morgan fingerprint density at radius 3 is 2.11 bits per heavy atom. The number of hydrogen-bond acceptors (Lipinski definition) is 3. The molecule has 0 saturated heterocycles. The van der Waals surface area contributed by atoms with Crippen LogP contribution in [0.15, 0.2) is 36.4 Å². The number of nitrogens with zero attached hydrogens (tertiary/aromatic N) is 1. The minimum absolute atomic E-state index is 0.882. The van der Waals surface area contributed by atoms with Gasteiger partial charge in [-0.15, -0.1) is 0 Å². The van der Waals surface area contributed by atoms with E-state index in [1.54, 1.807) is 14.2 Å². The summed E-state index contributed by atoms with van der Waals surface area (Å²) < 4.78 is 11.1. The maximum atomic E-state index is 5.80. The number of fused-ring (bicyclic) bond motifs is 1. The Morgan fingerprint density at radius 1 is 0.811 bits per heavy atom. The molecule has 0 amide bonds. The van der Waals surface area contributed by atoms with Gasteiger partial charge in [-0.1, -0.05) is 45.4 Å². The van der Waals surface area contributed by atoms with Gasteiger partial charge in [-0.2, -0.15) is 0 Å². The van der Waals surface area contributed by atoms with Crippen LogP contribution in [0.2, 0.25) is 0 Å². The zero-order valence-corrected chi connectivity index (χ0v) is 23.7. The summed E-state index contributed by atoms with van der Waals surface area (Å²) in [5.74, 6) is 1.89. The minimum Gasteiger partial charge on any atom is -0.497 e. The maximum Gasteiger partial charge on any atom is 0.122 e. The van der Waals surface area contributed by atoms with E-state index in [1.165, 1.54) is 117 Å². The van der Waals surface area contributed by atoms with Crippen LogP contribution in [-0.2, 0) is 6.42 Å². The Bertz CT molecular complexity index is 1100. The van der Waals surface area contributed by atoms with Gasteiger partial charge in [-0.25, -0.2) is 0 Å². The first-order valence-corrected chi connectivity index (χ1v) is 14.7.